The van der Waals surface area contributed by atoms with Crippen molar-refractivity contribution in [1.82, 2.24) is 4.90 Å². The Bertz CT molecular complexity index is 2680. The Morgan fingerprint density at radius 1 is 0.370 bits per heavy atom. The third-order valence-corrected chi connectivity index (χ3v) is 23.0. The molecule has 440 valence electrons. The zero-order valence-electron chi connectivity index (χ0n) is 50.5. The van der Waals surface area contributed by atoms with E-state index >= 15 is 0 Å². The minimum Gasteiger partial charge on any atom is -0.274 e. The zero-order valence-corrected chi connectivity index (χ0v) is 56.9. The van der Waals surface area contributed by atoms with Crippen LogP contribution in [-0.2, 0) is 35.3 Å². The van der Waals surface area contributed by atoms with Gasteiger partial charge in [-0.15, -0.1) is 45.3 Å². The Balaban J connectivity index is 1.20. The molecule has 9 heteroatoms. The van der Waals surface area contributed by atoms with Crippen LogP contribution in [0.1, 0.15) is 255 Å². The van der Waals surface area contributed by atoms with Crippen molar-refractivity contribution in [3.63, 3.8) is 0 Å². The first-order valence-electron chi connectivity index (χ1n) is 32.3. The van der Waals surface area contributed by atoms with Crippen molar-refractivity contribution >= 4 is 100 Å². The van der Waals surface area contributed by atoms with Crippen LogP contribution in [0.5, 0.6) is 0 Å². The third kappa shape index (κ3) is 19.0. The summed E-state index contributed by atoms with van der Waals surface area (Å²) >= 11 is 15.5. The minimum atomic E-state index is -0.163. The first-order valence-corrected chi connectivity index (χ1v) is 37.1. The molecule has 0 saturated carbocycles. The van der Waals surface area contributed by atoms with Crippen LogP contribution in [0.25, 0.3) is 51.5 Å². The normalized spacial score (nSPS) is 13.3. The van der Waals surface area contributed by atoms with Gasteiger partial charge in [-0.2, -0.15) is 0 Å². The molecule has 0 aliphatic carbocycles. The van der Waals surface area contributed by atoms with Crippen LogP contribution in [0, 0.1) is 5.92 Å². The number of nitrogens with zero attached hydrogens (tertiary/aromatic N) is 1. The molecule has 81 heavy (non-hydrogen) atoms. The average Bonchev–Trinajstić information content (AvgIpc) is 4.49. The molecule has 0 spiro atoms. The van der Waals surface area contributed by atoms with Crippen molar-refractivity contribution in [2.45, 2.75) is 247 Å². The maximum absolute atomic E-state index is 15.0. The van der Waals surface area contributed by atoms with Crippen LogP contribution in [0.15, 0.2) is 80.4 Å². The summed E-state index contributed by atoms with van der Waals surface area (Å²) in [5, 5.41) is 0. The Hall–Kier alpha value is -2.92. The van der Waals surface area contributed by atoms with Gasteiger partial charge in [-0.1, -0.05) is 238 Å². The Kier molecular flexibility index (Phi) is 28.8. The summed E-state index contributed by atoms with van der Waals surface area (Å²) in [5.41, 5.74) is 10.9. The fourth-order valence-corrected chi connectivity index (χ4v) is 18.1. The summed E-state index contributed by atoms with van der Waals surface area (Å²) in [6.45, 7) is 14.0. The van der Waals surface area contributed by atoms with E-state index in [2.05, 4.69) is 146 Å². The molecule has 4 aromatic heterocycles. The molecule has 1 atom stereocenters. The van der Waals surface area contributed by atoms with Crippen LogP contribution in [-0.4, -0.2) is 23.3 Å². The molecule has 5 heterocycles. The van der Waals surface area contributed by atoms with Gasteiger partial charge < -0.3 is 0 Å². The van der Waals surface area contributed by atoms with Crippen LogP contribution in [0.3, 0.4) is 0 Å². The van der Waals surface area contributed by atoms with Crippen LogP contribution >= 0.6 is 77.2 Å². The van der Waals surface area contributed by atoms with Crippen LogP contribution in [0.4, 0.5) is 0 Å². The summed E-state index contributed by atoms with van der Waals surface area (Å²) in [7, 11) is 0. The summed E-state index contributed by atoms with van der Waals surface area (Å²) < 4.78 is 2.43. The van der Waals surface area contributed by atoms with E-state index in [1.54, 1.807) is 4.90 Å². The lowest BCUT2D eigenvalue weighted by Crippen LogP contribution is -2.36. The molecular weight excluding hydrogens is 1200 g/mol. The number of carbonyl (C=O) groups is 2. The Morgan fingerprint density at radius 2 is 0.667 bits per heavy atom. The average molecular weight is 1300 g/mol. The molecule has 1 aliphatic heterocycles. The summed E-state index contributed by atoms with van der Waals surface area (Å²) in [5.74, 6) is -0.0572. The molecule has 0 bridgehead atoms. The monoisotopic (exact) mass is 1290 g/mol. The van der Waals surface area contributed by atoms with Crippen LogP contribution < -0.4 is 0 Å². The molecule has 3 nitrogen and oxygen atoms in total. The molecule has 0 N–H and O–H groups in total. The summed E-state index contributed by atoms with van der Waals surface area (Å²) in [4.78, 5) is 39.8. The number of unbranched alkanes of at least 4 members (excludes halogenated alkanes) is 21. The van der Waals surface area contributed by atoms with Gasteiger partial charge in [0, 0.05) is 35.8 Å². The highest BCUT2D eigenvalue weighted by Crippen LogP contribution is 2.48. The number of hydrogen-bond acceptors (Lipinski definition) is 6. The van der Waals surface area contributed by atoms with E-state index in [4.69, 9.17) is 0 Å². The fourth-order valence-electron chi connectivity index (χ4n) is 11.9. The number of aryl methyl sites for hydroxylation is 4. The molecule has 2 amide bonds. The number of rotatable bonds is 40. The first kappa shape index (κ1) is 65.6. The van der Waals surface area contributed by atoms with Crippen molar-refractivity contribution in [3.8, 4) is 40.4 Å². The van der Waals surface area contributed by atoms with Gasteiger partial charge in [-0.3, -0.25) is 14.5 Å². The maximum atomic E-state index is 15.0. The van der Waals surface area contributed by atoms with Gasteiger partial charge >= 0.3 is 0 Å². The molecule has 0 saturated heterocycles. The second kappa shape index (κ2) is 35.5. The van der Waals surface area contributed by atoms with E-state index in [-0.39, 0.29) is 17.7 Å². The van der Waals surface area contributed by atoms with Gasteiger partial charge in [-0.05, 0) is 164 Å². The third-order valence-electron chi connectivity index (χ3n) is 16.9. The minimum absolute atomic E-state index is 0.163. The molecule has 0 radical (unpaired) electrons. The molecule has 7 rings (SSSR count). The lowest BCUT2D eigenvalue weighted by Gasteiger charge is -2.22. The van der Waals surface area contributed by atoms with E-state index in [1.807, 2.05) is 45.3 Å². The predicted molar refractivity (Wildman–Crippen MR) is 367 cm³/mol. The molecule has 6 aromatic rings. The Morgan fingerprint density at radius 3 is 1.00 bits per heavy atom. The number of thiophene rings is 4. The van der Waals surface area contributed by atoms with Gasteiger partial charge in [0.05, 0.1) is 18.7 Å². The van der Waals surface area contributed by atoms with Gasteiger partial charge in [0.2, 0.25) is 0 Å². The molecular formula is C72H97Br2NO2S4. The van der Waals surface area contributed by atoms with E-state index in [9.17, 15) is 9.59 Å². The largest absolute Gasteiger partial charge is 0.274 e. The number of hydrogen-bond donors (Lipinski definition) is 0. The Labute approximate surface area is 523 Å². The quantitative estimate of drug-likeness (QED) is 0.0284. The van der Waals surface area contributed by atoms with Gasteiger partial charge in [0.1, 0.15) is 0 Å². The molecule has 1 aliphatic rings. The lowest BCUT2D eigenvalue weighted by atomic mass is 9.94. The fraction of sp³-hybridized carbons (Fsp3) is 0.556. The number of imide groups is 1. The predicted octanol–water partition coefficient (Wildman–Crippen LogP) is 25.2. The number of carbonyl (C=O) groups excluding carboxylic acids is 2. The van der Waals surface area contributed by atoms with Crippen molar-refractivity contribution in [1.29, 1.82) is 0 Å². The van der Waals surface area contributed by atoms with Gasteiger partial charge in [-0.25, -0.2) is 0 Å². The topological polar surface area (TPSA) is 37.4 Å². The highest BCUT2D eigenvalue weighted by molar-refractivity contribution is 9.11. The number of benzene rings is 2. The van der Waals surface area contributed by atoms with E-state index in [0.717, 1.165) is 73.6 Å². The second-order valence-corrected chi connectivity index (χ2v) is 30.3. The van der Waals surface area contributed by atoms with E-state index < -0.39 is 0 Å². The highest BCUT2D eigenvalue weighted by Gasteiger charge is 2.40. The zero-order chi connectivity index (χ0) is 57.3. The lowest BCUT2D eigenvalue weighted by molar-refractivity contribution is -0.136. The van der Waals surface area contributed by atoms with Crippen molar-refractivity contribution < 1.29 is 9.59 Å². The summed E-state index contributed by atoms with van der Waals surface area (Å²) in [6.07, 6.45) is 39.5. The van der Waals surface area contributed by atoms with Crippen LogP contribution in [0.2, 0.25) is 0 Å². The van der Waals surface area contributed by atoms with Crippen molar-refractivity contribution in [3.05, 3.63) is 114 Å². The molecule has 0 fully saturated rings. The summed E-state index contributed by atoms with van der Waals surface area (Å²) in [6, 6.07) is 27.0. The standard InChI is InChI=1S/C72H97Br2NO2S4/c1-7-13-18-22-26-30-35-57-47-61(78-67(57)69-59(49-63(73)80-69)37-32-28-24-20-15-9-3)53-39-43-55(44-40-53)65-66(72(77)75(71(65)76)51-52(12-6)34-17-11-5)56-45-41-54(42-46-56)62-48-58(36-31-27-23-19-14-8-2)68(79-62)70-60(50-64(74)81-70)38-33-29-25-21-16-10-4/h39-50,52H,7-38,51H2,1-6H3. The molecule has 1 unspecified atom stereocenters. The van der Waals surface area contributed by atoms with Crippen molar-refractivity contribution in [2.75, 3.05) is 6.54 Å². The highest BCUT2D eigenvalue weighted by atomic mass is 79.9. The number of halogens is 2. The number of amides is 2. The van der Waals surface area contributed by atoms with E-state index in [1.165, 1.54) is 213 Å². The second-order valence-electron chi connectivity index (χ2n) is 23.4. The first-order chi connectivity index (χ1) is 39.6. The smallest absolute Gasteiger partial charge is 0.262 e. The van der Waals surface area contributed by atoms with Crippen molar-refractivity contribution in [2.24, 2.45) is 5.92 Å². The van der Waals surface area contributed by atoms with E-state index in [0.29, 0.717) is 17.7 Å². The SMILES string of the molecule is CCCCCCCCc1cc(Br)sc1-c1sc(-c2ccc(C3=C(c4ccc(-c5cc(CCCCCCCC)c(-c6sc(Br)cc6CCCCCCCC)s5)cc4)C(=O)N(CC(CC)CCCC)C3=O)cc2)cc1CCCCCCCC. The van der Waals surface area contributed by atoms with Gasteiger partial charge in [0.15, 0.2) is 0 Å². The van der Waals surface area contributed by atoms with Gasteiger partial charge in [0.25, 0.3) is 11.8 Å². The maximum Gasteiger partial charge on any atom is 0.262 e. The molecule has 2 aromatic carbocycles.